The zero-order chi connectivity index (χ0) is 17.6. The van der Waals surface area contributed by atoms with Gasteiger partial charge in [-0.05, 0) is 49.7 Å². The number of rotatable bonds is 7. The molecule has 0 aliphatic heterocycles. The summed E-state index contributed by atoms with van der Waals surface area (Å²) in [6.07, 6.45) is 1.84. The molecule has 0 bridgehead atoms. The molecule has 3 aromatic rings. The highest BCUT2D eigenvalue weighted by atomic mass is 16.5. The third-order valence-corrected chi connectivity index (χ3v) is 3.96. The topological polar surface area (TPSA) is 56.2 Å². The van der Waals surface area contributed by atoms with E-state index in [9.17, 15) is 4.79 Å². The highest BCUT2D eigenvalue weighted by Gasteiger charge is 2.13. The fourth-order valence-electron chi connectivity index (χ4n) is 2.86. The van der Waals surface area contributed by atoms with Gasteiger partial charge in [-0.2, -0.15) is 0 Å². The van der Waals surface area contributed by atoms with Crippen molar-refractivity contribution in [2.45, 2.75) is 33.2 Å². The van der Waals surface area contributed by atoms with E-state index in [4.69, 9.17) is 4.74 Å². The Labute approximate surface area is 147 Å². The number of aromatic nitrogens is 2. The van der Waals surface area contributed by atoms with Crippen molar-refractivity contribution in [1.29, 1.82) is 0 Å². The molecule has 1 heterocycles. The molecule has 0 aliphatic carbocycles. The molecule has 0 fully saturated rings. The summed E-state index contributed by atoms with van der Waals surface area (Å²) in [7, 11) is 0. The molecule has 0 saturated carbocycles. The number of fused-ring (bicyclic) bond motifs is 1. The van der Waals surface area contributed by atoms with Gasteiger partial charge in [-0.1, -0.05) is 19.1 Å². The molecule has 3 rings (SSSR count). The van der Waals surface area contributed by atoms with Gasteiger partial charge < -0.3 is 14.6 Å². The van der Waals surface area contributed by atoms with Gasteiger partial charge in [-0.25, -0.2) is 4.98 Å². The van der Waals surface area contributed by atoms with Crippen LogP contribution in [-0.2, 0) is 17.8 Å². The maximum absolute atomic E-state index is 12.5. The highest BCUT2D eigenvalue weighted by molar-refractivity contribution is 5.91. The van der Waals surface area contributed by atoms with Crippen molar-refractivity contribution in [3.63, 3.8) is 0 Å². The molecule has 5 heteroatoms. The normalized spacial score (nSPS) is 10.8. The fraction of sp³-hybridized carbons (Fsp3) is 0.300. The van der Waals surface area contributed by atoms with Gasteiger partial charge in [0.25, 0.3) is 0 Å². The summed E-state index contributed by atoms with van der Waals surface area (Å²) in [5.41, 5.74) is 2.68. The smallest absolute Gasteiger partial charge is 0.244 e. The lowest BCUT2D eigenvalue weighted by atomic mass is 10.3. The van der Waals surface area contributed by atoms with Crippen molar-refractivity contribution in [2.75, 3.05) is 11.9 Å². The number of anilines is 1. The van der Waals surface area contributed by atoms with Gasteiger partial charge in [-0.15, -0.1) is 0 Å². The molecule has 1 N–H and O–H groups in total. The predicted molar refractivity (Wildman–Crippen MR) is 100.0 cm³/mol. The van der Waals surface area contributed by atoms with Crippen LogP contribution >= 0.6 is 0 Å². The standard InChI is InChI=1S/C20H23N3O2/c1-3-7-19-22-17-8-5-6-9-18(17)23(19)14-20(24)21-15-10-12-16(13-11-15)25-4-2/h5-6,8-13H,3-4,7,14H2,1-2H3,(H,21,24). The Bertz CT molecular complexity index is 853. The molecule has 0 radical (unpaired) electrons. The first kappa shape index (κ1) is 17.0. The minimum absolute atomic E-state index is 0.0651. The van der Waals surface area contributed by atoms with Gasteiger partial charge in [0.2, 0.25) is 5.91 Å². The van der Waals surface area contributed by atoms with Crippen molar-refractivity contribution in [2.24, 2.45) is 0 Å². The van der Waals surface area contributed by atoms with Crippen LogP contribution in [0, 0.1) is 0 Å². The Balaban J connectivity index is 1.76. The van der Waals surface area contributed by atoms with E-state index in [0.717, 1.165) is 41.1 Å². The van der Waals surface area contributed by atoms with Crippen molar-refractivity contribution in [3.8, 4) is 5.75 Å². The van der Waals surface area contributed by atoms with Crippen molar-refractivity contribution in [1.82, 2.24) is 9.55 Å². The van der Waals surface area contributed by atoms with Crippen molar-refractivity contribution < 1.29 is 9.53 Å². The largest absolute Gasteiger partial charge is 0.494 e. The molecule has 1 aromatic heterocycles. The predicted octanol–water partition coefficient (Wildman–Crippen LogP) is 4.03. The number of ether oxygens (including phenoxy) is 1. The molecule has 0 unspecified atom stereocenters. The first-order valence-electron chi connectivity index (χ1n) is 8.68. The van der Waals surface area contributed by atoms with E-state index >= 15 is 0 Å². The van der Waals surface area contributed by atoms with Crippen LogP contribution < -0.4 is 10.1 Å². The molecular formula is C20H23N3O2. The highest BCUT2D eigenvalue weighted by Crippen LogP contribution is 2.19. The number of amides is 1. The van der Waals surface area contributed by atoms with E-state index in [0.29, 0.717) is 6.61 Å². The number of hydrogen-bond acceptors (Lipinski definition) is 3. The van der Waals surface area contributed by atoms with Gasteiger partial charge in [0.05, 0.1) is 17.6 Å². The van der Waals surface area contributed by atoms with E-state index in [1.54, 1.807) is 0 Å². The number of para-hydroxylation sites is 2. The average molecular weight is 337 g/mol. The number of carbonyl (C=O) groups is 1. The van der Waals surface area contributed by atoms with E-state index in [1.165, 1.54) is 0 Å². The first-order valence-corrected chi connectivity index (χ1v) is 8.68. The van der Waals surface area contributed by atoms with E-state index in [1.807, 2.05) is 60.0 Å². The molecule has 130 valence electrons. The summed E-state index contributed by atoms with van der Waals surface area (Å²) in [6.45, 7) is 4.94. The number of benzene rings is 2. The van der Waals surface area contributed by atoms with Crippen LogP contribution in [0.25, 0.3) is 11.0 Å². The summed E-state index contributed by atoms with van der Waals surface area (Å²) < 4.78 is 7.42. The minimum atomic E-state index is -0.0651. The van der Waals surface area contributed by atoms with Gasteiger partial charge in [-0.3, -0.25) is 4.79 Å². The molecular weight excluding hydrogens is 314 g/mol. The third-order valence-electron chi connectivity index (χ3n) is 3.96. The Kier molecular flexibility index (Phi) is 5.33. The van der Waals surface area contributed by atoms with Crippen LogP contribution in [0.2, 0.25) is 0 Å². The third kappa shape index (κ3) is 3.99. The Morgan fingerprint density at radius 1 is 1.12 bits per heavy atom. The Morgan fingerprint density at radius 2 is 1.88 bits per heavy atom. The molecule has 0 aliphatic rings. The molecule has 0 spiro atoms. The number of aryl methyl sites for hydroxylation is 1. The number of hydrogen-bond donors (Lipinski definition) is 1. The van der Waals surface area contributed by atoms with Crippen LogP contribution in [0.15, 0.2) is 48.5 Å². The summed E-state index contributed by atoms with van der Waals surface area (Å²) in [5.74, 6) is 1.68. The lowest BCUT2D eigenvalue weighted by molar-refractivity contribution is -0.116. The van der Waals surface area contributed by atoms with Crippen LogP contribution in [-0.4, -0.2) is 22.1 Å². The quantitative estimate of drug-likeness (QED) is 0.708. The second kappa shape index (κ2) is 7.83. The molecule has 1 amide bonds. The van der Waals surface area contributed by atoms with Gasteiger partial charge in [0.15, 0.2) is 0 Å². The molecule has 0 saturated heterocycles. The van der Waals surface area contributed by atoms with Crippen LogP contribution in [0.4, 0.5) is 5.69 Å². The Morgan fingerprint density at radius 3 is 2.60 bits per heavy atom. The fourth-order valence-corrected chi connectivity index (χ4v) is 2.86. The number of nitrogens with zero attached hydrogens (tertiary/aromatic N) is 2. The molecule has 25 heavy (non-hydrogen) atoms. The van der Waals surface area contributed by atoms with E-state index in [2.05, 4.69) is 17.2 Å². The zero-order valence-electron chi connectivity index (χ0n) is 14.7. The molecule has 5 nitrogen and oxygen atoms in total. The SMILES string of the molecule is CCCc1nc2ccccc2n1CC(=O)Nc1ccc(OCC)cc1. The molecule has 0 atom stereocenters. The second-order valence-corrected chi connectivity index (χ2v) is 5.86. The maximum atomic E-state index is 12.5. The molecule has 2 aromatic carbocycles. The van der Waals surface area contributed by atoms with Crippen molar-refractivity contribution in [3.05, 3.63) is 54.4 Å². The summed E-state index contributed by atoms with van der Waals surface area (Å²) in [4.78, 5) is 17.2. The van der Waals surface area contributed by atoms with E-state index < -0.39 is 0 Å². The van der Waals surface area contributed by atoms with Gasteiger partial charge in [0, 0.05) is 12.1 Å². The zero-order valence-corrected chi connectivity index (χ0v) is 14.7. The monoisotopic (exact) mass is 337 g/mol. The van der Waals surface area contributed by atoms with E-state index in [-0.39, 0.29) is 12.5 Å². The van der Waals surface area contributed by atoms with Crippen LogP contribution in [0.5, 0.6) is 5.75 Å². The number of carbonyl (C=O) groups excluding carboxylic acids is 1. The van der Waals surface area contributed by atoms with Crippen molar-refractivity contribution >= 4 is 22.6 Å². The Hall–Kier alpha value is -2.82. The average Bonchev–Trinajstić information content (AvgIpc) is 2.95. The summed E-state index contributed by atoms with van der Waals surface area (Å²) in [5, 5.41) is 2.94. The van der Waals surface area contributed by atoms with Gasteiger partial charge in [0.1, 0.15) is 18.1 Å². The second-order valence-electron chi connectivity index (χ2n) is 5.86. The first-order chi connectivity index (χ1) is 12.2. The minimum Gasteiger partial charge on any atom is -0.494 e. The van der Waals surface area contributed by atoms with Crippen LogP contribution in [0.3, 0.4) is 0 Å². The van der Waals surface area contributed by atoms with Gasteiger partial charge >= 0.3 is 0 Å². The maximum Gasteiger partial charge on any atom is 0.244 e. The number of nitrogens with one attached hydrogen (secondary N) is 1. The summed E-state index contributed by atoms with van der Waals surface area (Å²) >= 11 is 0. The van der Waals surface area contributed by atoms with Crippen LogP contribution in [0.1, 0.15) is 26.1 Å². The number of imidazole rings is 1. The lowest BCUT2D eigenvalue weighted by Crippen LogP contribution is -2.20. The lowest BCUT2D eigenvalue weighted by Gasteiger charge is -2.10. The summed E-state index contributed by atoms with van der Waals surface area (Å²) in [6, 6.07) is 15.3.